The van der Waals surface area contributed by atoms with E-state index in [1.807, 2.05) is 48.5 Å². The maximum absolute atomic E-state index is 11.8. The zero-order chi connectivity index (χ0) is 17.3. The monoisotopic (exact) mass is 354 g/mol. The third-order valence-corrected chi connectivity index (χ3v) is 6.20. The minimum absolute atomic E-state index is 0.0910. The normalized spacial score (nSPS) is 19.1. The van der Waals surface area contributed by atoms with Gasteiger partial charge in [0.15, 0.2) is 15.7 Å². The molecule has 1 aliphatic heterocycles. The van der Waals surface area contributed by atoms with E-state index < -0.39 is 9.84 Å². The van der Waals surface area contributed by atoms with Crippen molar-refractivity contribution in [1.29, 1.82) is 0 Å². The van der Waals surface area contributed by atoms with Gasteiger partial charge in [-0.05, 0) is 36.6 Å². The first-order valence-corrected chi connectivity index (χ1v) is 10.1. The molecule has 0 N–H and O–H groups in total. The second kappa shape index (κ2) is 6.40. The van der Waals surface area contributed by atoms with Crippen molar-refractivity contribution < 1.29 is 8.42 Å². The highest BCUT2D eigenvalue weighted by atomic mass is 32.2. The fourth-order valence-electron chi connectivity index (χ4n) is 3.15. The van der Waals surface area contributed by atoms with Crippen LogP contribution in [0.15, 0.2) is 54.7 Å². The van der Waals surface area contributed by atoms with Gasteiger partial charge in [0.1, 0.15) is 11.5 Å². The van der Waals surface area contributed by atoms with Gasteiger partial charge in [0.2, 0.25) is 0 Å². The fourth-order valence-corrected chi connectivity index (χ4v) is 5.01. The molecule has 128 valence electrons. The number of benzene rings is 1. The van der Waals surface area contributed by atoms with Gasteiger partial charge in [0, 0.05) is 12.6 Å². The van der Waals surface area contributed by atoms with Gasteiger partial charge in [-0.2, -0.15) is 0 Å². The summed E-state index contributed by atoms with van der Waals surface area (Å²) in [6, 6.07) is 15.4. The van der Waals surface area contributed by atoms with Gasteiger partial charge >= 0.3 is 0 Å². The number of pyridine rings is 1. The number of sulfone groups is 1. The minimum atomic E-state index is -2.91. The smallest absolute Gasteiger partial charge is 0.200 e. The first-order valence-electron chi connectivity index (χ1n) is 8.24. The lowest BCUT2D eigenvalue weighted by Gasteiger charge is -2.09. The molecule has 7 heteroatoms. The topological polar surface area (TPSA) is 77.7 Å². The third kappa shape index (κ3) is 3.46. The first kappa shape index (κ1) is 16.0. The summed E-state index contributed by atoms with van der Waals surface area (Å²) in [6.07, 6.45) is 2.98. The van der Waals surface area contributed by atoms with Gasteiger partial charge in [0.25, 0.3) is 0 Å². The van der Waals surface area contributed by atoms with Crippen LogP contribution < -0.4 is 0 Å². The van der Waals surface area contributed by atoms with Gasteiger partial charge in [-0.25, -0.2) is 18.1 Å². The number of para-hydroxylation sites is 1. The van der Waals surface area contributed by atoms with Crippen LogP contribution in [0.5, 0.6) is 0 Å². The largest absolute Gasteiger partial charge is 0.253 e. The van der Waals surface area contributed by atoms with Crippen molar-refractivity contribution in [2.24, 2.45) is 5.92 Å². The quantitative estimate of drug-likeness (QED) is 0.718. The summed E-state index contributed by atoms with van der Waals surface area (Å²) in [6.45, 7) is 0. The molecule has 0 aliphatic carbocycles. The number of rotatable bonds is 4. The molecule has 6 nitrogen and oxygen atoms in total. The number of aromatic nitrogens is 4. The molecule has 0 saturated carbocycles. The molecule has 0 spiro atoms. The van der Waals surface area contributed by atoms with Crippen molar-refractivity contribution in [3.63, 3.8) is 0 Å². The third-order valence-electron chi connectivity index (χ3n) is 4.37. The Kier molecular flexibility index (Phi) is 4.09. The molecule has 1 fully saturated rings. The fraction of sp³-hybridized carbons (Fsp3) is 0.278. The van der Waals surface area contributed by atoms with Gasteiger partial charge in [-0.3, -0.25) is 4.98 Å². The summed E-state index contributed by atoms with van der Waals surface area (Å²) in [5.74, 6) is 1.92. The molecule has 1 atom stereocenters. The Bertz CT molecular complexity index is 969. The highest BCUT2D eigenvalue weighted by Gasteiger charge is 2.29. The lowest BCUT2D eigenvalue weighted by Crippen LogP contribution is -2.12. The zero-order valence-electron chi connectivity index (χ0n) is 13.6. The van der Waals surface area contributed by atoms with Crippen LogP contribution >= 0.6 is 0 Å². The van der Waals surface area contributed by atoms with Crippen molar-refractivity contribution in [2.45, 2.75) is 12.8 Å². The maximum Gasteiger partial charge on any atom is 0.200 e. The minimum Gasteiger partial charge on any atom is -0.253 e. The standard InChI is InChI=1S/C18H18N4O2S/c23-25(24)11-9-14(13-25)12-17-20-18(16-8-4-5-10-19-16)21-22(17)15-6-2-1-3-7-15/h1-8,10,14H,9,11-13H2. The average molecular weight is 354 g/mol. The highest BCUT2D eigenvalue weighted by molar-refractivity contribution is 7.91. The van der Waals surface area contributed by atoms with Crippen molar-refractivity contribution >= 4 is 9.84 Å². The molecule has 4 rings (SSSR count). The van der Waals surface area contributed by atoms with Crippen molar-refractivity contribution in [3.05, 3.63) is 60.6 Å². The molecular formula is C18H18N4O2S. The second-order valence-electron chi connectivity index (χ2n) is 6.29. The molecule has 3 aromatic rings. The van der Waals surface area contributed by atoms with E-state index in [9.17, 15) is 8.42 Å². The maximum atomic E-state index is 11.8. The number of nitrogens with zero attached hydrogens (tertiary/aromatic N) is 4. The van der Waals surface area contributed by atoms with E-state index in [0.29, 0.717) is 24.4 Å². The summed E-state index contributed by atoms with van der Waals surface area (Å²) in [4.78, 5) is 8.98. The summed E-state index contributed by atoms with van der Waals surface area (Å²) in [7, 11) is -2.91. The van der Waals surface area contributed by atoms with Crippen LogP contribution in [0.2, 0.25) is 0 Å². The van der Waals surface area contributed by atoms with Crippen LogP contribution in [0.1, 0.15) is 12.2 Å². The molecule has 2 aromatic heterocycles. The Morgan fingerprint density at radius 1 is 1.08 bits per heavy atom. The van der Waals surface area contributed by atoms with Crippen LogP contribution in [0.3, 0.4) is 0 Å². The molecule has 1 aromatic carbocycles. The van der Waals surface area contributed by atoms with Gasteiger partial charge in [-0.15, -0.1) is 5.10 Å². The predicted octanol–water partition coefficient (Wildman–Crippen LogP) is 2.31. The lowest BCUT2D eigenvalue weighted by atomic mass is 10.1. The van der Waals surface area contributed by atoms with E-state index in [2.05, 4.69) is 15.1 Å². The van der Waals surface area contributed by atoms with E-state index in [1.54, 1.807) is 10.9 Å². The molecule has 1 unspecified atom stereocenters. The van der Waals surface area contributed by atoms with Crippen LogP contribution in [0.4, 0.5) is 0 Å². The molecule has 3 heterocycles. The molecule has 0 bridgehead atoms. The Morgan fingerprint density at radius 2 is 1.88 bits per heavy atom. The lowest BCUT2D eigenvalue weighted by molar-refractivity contribution is 0.559. The number of hydrogen-bond acceptors (Lipinski definition) is 5. The highest BCUT2D eigenvalue weighted by Crippen LogP contribution is 2.24. The average Bonchev–Trinajstić information content (AvgIpc) is 3.20. The molecule has 1 saturated heterocycles. The van der Waals surface area contributed by atoms with Crippen molar-refractivity contribution in [3.8, 4) is 17.2 Å². The van der Waals surface area contributed by atoms with Gasteiger partial charge in [-0.1, -0.05) is 24.3 Å². The van der Waals surface area contributed by atoms with E-state index in [4.69, 9.17) is 0 Å². The Hall–Kier alpha value is -2.54. The Balaban J connectivity index is 1.72. The van der Waals surface area contributed by atoms with Crippen LogP contribution in [-0.2, 0) is 16.3 Å². The van der Waals surface area contributed by atoms with E-state index in [-0.39, 0.29) is 17.4 Å². The first-order chi connectivity index (χ1) is 12.1. The van der Waals surface area contributed by atoms with Gasteiger partial charge in [0.05, 0.1) is 17.2 Å². The Labute approximate surface area is 146 Å². The van der Waals surface area contributed by atoms with Crippen LogP contribution in [0.25, 0.3) is 17.2 Å². The van der Waals surface area contributed by atoms with E-state index in [0.717, 1.165) is 11.5 Å². The van der Waals surface area contributed by atoms with Crippen LogP contribution in [-0.4, -0.2) is 39.7 Å². The molecule has 25 heavy (non-hydrogen) atoms. The summed E-state index contributed by atoms with van der Waals surface area (Å²) in [5, 5.41) is 4.62. The Morgan fingerprint density at radius 3 is 2.56 bits per heavy atom. The SMILES string of the molecule is O=S1(=O)CCC(Cc2nc(-c3ccccn3)nn2-c2ccccc2)C1. The summed E-state index contributed by atoms with van der Waals surface area (Å²) < 4.78 is 25.3. The van der Waals surface area contributed by atoms with Crippen molar-refractivity contribution in [1.82, 2.24) is 19.7 Å². The van der Waals surface area contributed by atoms with Crippen molar-refractivity contribution in [2.75, 3.05) is 11.5 Å². The molecule has 1 aliphatic rings. The predicted molar refractivity (Wildman–Crippen MR) is 95.1 cm³/mol. The molecular weight excluding hydrogens is 336 g/mol. The van der Waals surface area contributed by atoms with E-state index >= 15 is 0 Å². The summed E-state index contributed by atoms with van der Waals surface area (Å²) >= 11 is 0. The van der Waals surface area contributed by atoms with E-state index in [1.165, 1.54) is 0 Å². The molecule has 0 radical (unpaired) electrons. The number of hydrogen-bond donors (Lipinski definition) is 0. The second-order valence-corrected chi connectivity index (χ2v) is 8.52. The van der Waals surface area contributed by atoms with Crippen LogP contribution in [0, 0.1) is 5.92 Å². The molecule has 0 amide bonds. The van der Waals surface area contributed by atoms with Gasteiger partial charge < -0.3 is 0 Å². The zero-order valence-corrected chi connectivity index (χ0v) is 14.4. The summed E-state index contributed by atoms with van der Waals surface area (Å²) in [5.41, 5.74) is 1.62.